The molecule has 4 rings (SSSR count). The van der Waals surface area contributed by atoms with E-state index in [9.17, 15) is 9.59 Å². The lowest BCUT2D eigenvalue weighted by Crippen LogP contribution is -2.58. The first kappa shape index (κ1) is 19.4. The summed E-state index contributed by atoms with van der Waals surface area (Å²) in [5.41, 5.74) is 1.27. The van der Waals surface area contributed by atoms with Crippen molar-refractivity contribution >= 4 is 11.8 Å². The Morgan fingerprint density at radius 1 is 1.18 bits per heavy atom. The maximum Gasteiger partial charge on any atom is 0.242 e. The third kappa shape index (κ3) is 3.94. The Balaban J connectivity index is 1.41. The highest BCUT2D eigenvalue weighted by molar-refractivity contribution is 5.86. The molecular weight excluding hydrogens is 352 g/mol. The minimum atomic E-state index is 0.0823. The van der Waals surface area contributed by atoms with Crippen LogP contribution in [0.2, 0.25) is 0 Å². The molecule has 152 valence electrons. The Morgan fingerprint density at radius 3 is 2.68 bits per heavy atom. The second-order valence-electron chi connectivity index (χ2n) is 8.65. The SMILES string of the molecule is CN1CCCN(C(=O)CN2C[C@H](c3ccccc3)CC2=O)CC12CCNCC2. The van der Waals surface area contributed by atoms with Crippen LogP contribution >= 0.6 is 0 Å². The van der Waals surface area contributed by atoms with Gasteiger partial charge in [-0.1, -0.05) is 30.3 Å². The number of likely N-dealkylation sites (N-methyl/N-ethyl adjacent to an activating group) is 1. The lowest BCUT2D eigenvalue weighted by atomic mass is 9.86. The maximum atomic E-state index is 13.1. The van der Waals surface area contributed by atoms with Gasteiger partial charge in [-0.05, 0) is 45.0 Å². The summed E-state index contributed by atoms with van der Waals surface area (Å²) in [6.07, 6.45) is 3.66. The van der Waals surface area contributed by atoms with E-state index < -0.39 is 0 Å². The summed E-state index contributed by atoms with van der Waals surface area (Å²) in [6.45, 7) is 5.50. The predicted octanol–water partition coefficient (Wildman–Crippen LogP) is 1.29. The number of piperidine rings is 1. The summed E-state index contributed by atoms with van der Waals surface area (Å²) < 4.78 is 0. The Hall–Kier alpha value is -1.92. The molecule has 28 heavy (non-hydrogen) atoms. The molecular formula is C22H32N4O2. The second-order valence-corrected chi connectivity index (χ2v) is 8.65. The molecule has 0 aliphatic carbocycles. The van der Waals surface area contributed by atoms with Crippen molar-refractivity contribution in [2.24, 2.45) is 0 Å². The molecule has 0 unspecified atom stereocenters. The van der Waals surface area contributed by atoms with E-state index >= 15 is 0 Å². The first-order valence-corrected chi connectivity index (χ1v) is 10.6. The third-order valence-corrected chi connectivity index (χ3v) is 6.92. The van der Waals surface area contributed by atoms with Crippen molar-refractivity contribution in [3.63, 3.8) is 0 Å². The van der Waals surface area contributed by atoms with Crippen LogP contribution < -0.4 is 5.32 Å². The molecule has 3 aliphatic rings. The highest BCUT2D eigenvalue weighted by Gasteiger charge is 2.41. The normalized spacial score (nSPS) is 25.9. The van der Waals surface area contributed by atoms with Crippen molar-refractivity contribution in [2.75, 3.05) is 52.9 Å². The van der Waals surface area contributed by atoms with Gasteiger partial charge in [0.05, 0.1) is 6.54 Å². The molecule has 3 aliphatic heterocycles. The van der Waals surface area contributed by atoms with Crippen LogP contribution in [0.15, 0.2) is 30.3 Å². The average Bonchev–Trinajstić information content (AvgIpc) is 3.00. The lowest BCUT2D eigenvalue weighted by Gasteiger charge is -2.45. The summed E-state index contributed by atoms with van der Waals surface area (Å²) in [7, 11) is 2.20. The number of carbonyl (C=O) groups is 2. The van der Waals surface area contributed by atoms with E-state index in [1.54, 1.807) is 4.90 Å². The van der Waals surface area contributed by atoms with Gasteiger partial charge in [0.25, 0.3) is 0 Å². The van der Waals surface area contributed by atoms with Crippen LogP contribution in [-0.2, 0) is 9.59 Å². The van der Waals surface area contributed by atoms with Gasteiger partial charge in [-0.25, -0.2) is 0 Å². The molecule has 6 heteroatoms. The Morgan fingerprint density at radius 2 is 1.93 bits per heavy atom. The van der Waals surface area contributed by atoms with Gasteiger partial charge in [0.1, 0.15) is 0 Å². The van der Waals surface area contributed by atoms with Crippen LogP contribution in [0.3, 0.4) is 0 Å². The van der Waals surface area contributed by atoms with E-state index in [-0.39, 0.29) is 29.8 Å². The third-order valence-electron chi connectivity index (χ3n) is 6.92. The lowest BCUT2D eigenvalue weighted by molar-refractivity contribution is -0.139. The van der Waals surface area contributed by atoms with Crippen molar-refractivity contribution in [1.29, 1.82) is 0 Å². The number of likely N-dealkylation sites (tertiary alicyclic amines) is 1. The minimum absolute atomic E-state index is 0.0823. The van der Waals surface area contributed by atoms with Crippen LogP contribution in [0, 0.1) is 0 Å². The fourth-order valence-corrected chi connectivity index (χ4v) is 5.07. The van der Waals surface area contributed by atoms with Crippen LogP contribution in [0.25, 0.3) is 0 Å². The summed E-state index contributed by atoms with van der Waals surface area (Å²) in [4.78, 5) is 31.9. The van der Waals surface area contributed by atoms with E-state index in [4.69, 9.17) is 0 Å². The van der Waals surface area contributed by atoms with Crippen molar-refractivity contribution < 1.29 is 9.59 Å². The first-order valence-electron chi connectivity index (χ1n) is 10.6. The molecule has 1 N–H and O–H groups in total. The fourth-order valence-electron chi connectivity index (χ4n) is 5.07. The van der Waals surface area contributed by atoms with E-state index in [0.717, 1.165) is 52.0 Å². The summed E-state index contributed by atoms with van der Waals surface area (Å²) in [5, 5.41) is 3.44. The Kier molecular flexibility index (Phi) is 5.69. The molecule has 1 spiro atoms. The topological polar surface area (TPSA) is 55.9 Å². The molecule has 3 saturated heterocycles. The number of rotatable bonds is 3. The molecule has 0 radical (unpaired) electrons. The van der Waals surface area contributed by atoms with Crippen molar-refractivity contribution in [2.45, 2.75) is 37.1 Å². The summed E-state index contributed by atoms with van der Waals surface area (Å²) in [5.74, 6) is 0.411. The number of amides is 2. The summed E-state index contributed by atoms with van der Waals surface area (Å²) in [6, 6.07) is 10.2. The molecule has 3 heterocycles. The molecule has 1 aromatic carbocycles. The molecule has 6 nitrogen and oxygen atoms in total. The highest BCUT2D eigenvalue weighted by atomic mass is 16.2. The van der Waals surface area contributed by atoms with E-state index in [1.165, 1.54) is 5.56 Å². The number of hydrogen-bond acceptors (Lipinski definition) is 4. The standard InChI is InChI=1S/C22H32N4O2/c1-24-12-5-13-25(17-22(24)8-10-23-11-9-22)21(28)16-26-15-19(14-20(26)27)18-6-3-2-4-7-18/h2-4,6-7,19,23H,5,8-17H2,1H3/t19-/m1/s1. The molecule has 0 bridgehead atoms. The van der Waals surface area contributed by atoms with Gasteiger partial charge in [0, 0.05) is 44.1 Å². The van der Waals surface area contributed by atoms with Gasteiger partial charge in [0.2, 0.25) is 11.8 Å². The predicted molar refractivity (Wildman–Crippen MR) is 109 cm³/mol. The van der Waals surface area contributed by atoms with Gasteiger partial charge >= 0.3 is 0 Å². The largest absolute Gasteiger partial charge is 0.339 e. The Labute approximate surface area is 167 Å². The zero-order chi connectivity index (χ0) is 19.6. The van der Waals surface area contributed by atoms with Crippen molar-refractivity contribution in [3.05, 3.63) is 35.9 Å². The van der Waals surface area contributed by atoms with E-state index in [1.807, 2.05) is 23.1 Å². The molecule has 0 saturated carbocycles. The maximum absolute atomic E-state index is 13.1. The van der Waals surface area contributed by atoms with Gasteiger partial charge in [-0.3, -0.25) is 14.5 Å². The van der Waals surface area contributed by atoms with Gasteiger partial charge in [-0.15, -0.1) is 0 Å². The van der Waals surface area contributed by atoms with E-state index in [0.29, 0.717) is 13.0 Å². The van der Waals surface area contributed by atoms with Crippen molar-refractivity contribution in [3.8, 4) is 0 Å². The quantitative estimate of drug-likeness (QED) is 0.853. The van der Waals surface area contributed by atoms with Crippen LogP contribution in [0.4, 0.5) is 0 Å². The average molecular weight is 385 g/mol. The fraction of sp³-hybridized carbons (Fsp3) is 0.636. The van der Waals surface area contributed by atoms with Crippen molar-refractivity contribution in [1.82, 2.24) is 20.0 Å². The number of nitrogens with one attached hydrogen (secondary N) is 1. The number of nitrogens with zero attached hydrogens (tertiary/aromatic N) is 3. The minimum Gasteiger partial charge on any atom is -0.339 e. The molecule has 1 atom stereocenters. The van der Waals surface area contributed by atoms with Gasteiger partial charge in [-0.2, -0.15) is 0 Å². The number of benzene rings is 1. The zero-order valence-electron chi connectivity index (χ0n) is 16.9. The summed E-state index contributed by atoms with van der Waals surface area (Å²) >= 11 is 0. The van der Waals surface area contributed by atoms with E-state index in [2.05, 4.69) is 29.4 Å². The highest BCUT2D eigenvalue weighted by Crippen LogP contribution is 2.30. The van der Waals surface area contributed by atoms with Gasteiger partial charge in [0.15, 0.2) is 0 Å². The van der Waals surface area contributed by atoms with Gasteiger partial charge < -0.3 is 15.1 Å². The smallest absolute Gasteiger partial charge is 0.242 e. The number of carbonyl (C=O) groups excluding carboxylic acids is 2. The monoisotopic (exact) mass is 384 g/mol. The Bertz CT molecular complexity index is 702. The van der Waals surface area contributed by atoms with Crippen LogP contribution in [0.1, 0.15) is 37.2 Å². The van der Waals surface area contributed by atoms with Crippen LogP contribution in [0.5, 0.6) is 0 Å². The number of hydrogen-bond donors (Lipinski definition) is 1. The van der Waals surface area contributed by atoms with Crippen LogP contribution in [-0.4, -0.2) is 84.9 Å². The molecule has 0 aromatic heterocycles. The second kappa shape index (κ2) is 8.21. The first-order chi connectivity index (χ1) is 13.6. The molecule has 3 fully saturated rings. The zero-order valence-corrected chi connectivity index (χ0v) is 16.9. The molecule has 2 amide bonds. The molecule has 1 aromatic rings.